The summed E-state index contributed by atoms with van der Waals surface area (Å²) in [6.45, 7) is 0. The quantitative estimate of drug-likeness (QED) is 0.0605. The maximum atomic E-state index is 2.28. The smallest absolute Gasteiger partial charge is 0.0424 e. The number of hydrogen-bond donors (Lipinski definition) is 0. The van der Waals surface area contributed by atoms with Gasteiger partial charge in [0.2, 0.25) is 0 Å². The van der Waals surface area contributed by atoms with Crippen LogP contribution >= 0.6 is 118 Å². The second-order valence-electron chi connectivity index (χ2n) is 18.9. The summed E-state index contributed by atoms with van der Waals surface area (Å²) in [5.74, 6) is 0. The van der Waals surface area contributed by atoms with Gasteiger partial charge >= 0.3 is 0 Å². The van der Waals surface area contributed by atoms with Crippen molar-refractivity contribution in [2.24, 2.45) is 0 Å². The summed E-state index contributed by atoms with van der Waals surface area (Å²) in [6, 6.07) is 110. The van der Waals surface area contributed by atoms with Gasteiger partial charge < -0.3 is 0 Å². The maximum absolute atomic E-state index is 2.28. The molecule has 0 aromatic heterocycles. The Bertz CT molecular complexity index is 3530. The van der Waals surface area contributed by atoms with Crippen molar-refractivity contribution in [3.05, 3.63) is 314 Å². The van der Waals surface area contributed by atoms with E-state index in [4.69, 9.17) is 0 Å². The fraction of sp³-hybridized carbons (Fsp3) is 0.0270. The van der Waals surface area contributed by atoms with E-state index >= 15 is 0 Å². The van der Waals surface area contributed by atoms with Crippen LogP contribution in [0.2, 0.25) is 0 Å². The van der Waals surface area contributed by atoms with E-state index in [-0.39, 0.29) is 0 Å². The molecule has 0 fully saturated rings. The summed E-state index contributed by atoms with van der Waals surface area (Å²) in [6.07, 6.45) is 1.51. The van der Waals surface area contributed by atoms with Crippen LogP contribution in [-0.2, 0) is 12.8 Å². The summed E-state index contributed by atoms with van der Waals surface area (Å²) in [7, 11) is 0. The molecule has 410 valence electrons. The molecule has 0 saturated heterocycles. The second kappa shape index (κ2) is 30.0. The largest absolute Gasteiger partial charge is 0.0885 e. The molecule has 12 rings (SSSR count). The number of hydrogen-bond acceptors (Lipinski definition) is 10. The summed E-state index contributed by atoms with van der Waals surface area (Å²) in [5, 5.41) is 0. The van der Waals surface area contributed by atoms with E-state index in [1.165, 1.54) is 109 Å². The van der Waals surface area contributed by atoms with Crippen LogP contribution in [0.4, 0.5) is 0 Å². The molecule has 0 N–H and O–H groups in total. The van der Waals surface area contributed by atoms with Crippen LogP contribution in [0.3, 0.4) is 0 Å². The van der Waals surface area contributed by atoms with E-state index in [1.54, 1.807) is 0 Å². The average molecular weight is 1260 g/mol. The van der Waals surface area contributed by atoms with Crippen molar-refractivity contribution in [1.29, 1.82) is 0 Å². The molecule has 0 spiro atoms. The maximum Gasteiger partial charge on any atom is 0.0424 e. The van der Waals surface area contributed by atoms with Crippen molar-refractivity contribution >= 4 is 118 Å². The Kier molecular flexibility index (Phi) is 20.9. The zero-order valence-corrected chi connectivity index (χ0v) is 53.5. The van der Waals surface area contributed by atoms with Gasteiger partial charge in [-0.2, -0.15) is 0 Å². The van der Waals surface area contributed by atoms with Crippen LogP contribution in [0.5, 0.6) is 0 Å². The molecule has 12 aromatic carbocycles. The molecule has 0 aliphatic heterocycles. The highest BCUT2D eigenvalue weighted by Crippen LogP contribution is 2.60. The normalized spacial score (nSPS) is 11.2. The molecule has 0 nitrogen and oxygen atoms in total. The van der Waals surface area contributed by atoms with Gasteiger partial charge in [-0.1, -0.05) is 300 Å². The highest BCUT2D eigenvalue weighted by Gasteiger charge is 2.32. The molecule has 0 aliphatic rings. The van der Waals surface area contributed by atoms with E-state index in [0.717, 1.165) is 12.8 Å². The lowest BCUT2D eigenvalue weighted by atomic mass is 10.0. The lowest BCUT2D eigenvalue weighted by Crippen LogP contribution is -2.06. The monoisotopic (exact) mass is 1260 g/mol. The predicted octanol–water partition coefficient (Wildman–Crippen LogP) is 25.0. The third-order valence-corrected chi connectivity index (χ3v) is 25.4. The van der Waals surface area contributed by atoms with Gasteiger partial charge in [0.25, 0.3) is 0 Å². The Morgan fingerprint density at radius 2 is 0.238 bits per heavy atom. The average Bonchev–Trinajstić information content (AvgIpc) is 1.61. The summed E-state index contributed by atoms with van der Waals surface area (Å²) in [4.78, 5) is 24.7. The van der Waals surface area contributed by atoms with Crippen molar-refractivity contribution in [2.45, 2.75) is 111 Å². The topological polar surface area (TPSA) is 0 Å². The SMILES string of the molecule is c1ccc(Sc2c(CCc3c(Sc4ccccc4)c(Sc4ccccc4)c(Sc4ccccc4)c(Sc4ccccc4)c3Sc3ccccc3)c(Sc3ccccc3)c(Sc3ccccc3)c(Sc3ccccc3)c2Sc2ccccc2)cc1. The first-order valence-electron chi connectivity index (χ1n) is 27.4. The van der Waals surface area contributed by atoms with Crippen molar-refractivity contribution < 1.29 is 0 Å². The van der Waals surface area contributed by atoms with Gasteiger partial charge in [-0.05, 0) is 145 Å². The fourth-order valence-corrected chi connectivity index (χ4v) is 21.4. The molecule has 84 heavy (non-hydrogen) atoms. The Morgan fingerprint density at radius 3 is 0.369 bits per heavy atom. The summed E-state index contributed by atoms with van der Waals surface area (Å²) < 4.78 is 0. The predicted molar refractivity (Wildman–Crippen MR) is 366 cm³/mol. The zero-order valence-electron chi connectivity index (χ0n) is 45.4. The van der Waals surface area contributed by atoms with Gasteiger partial charge in [-0.15, -0.1) is 0 Å². The van der Waals surface area contributed by atoms with Crippen LogP contribution < -0.4 is 0 Å². The van der Waals surface area contributed by atoms with Crippen LogP contribution in [0, 0.1) is 0 Å². The standard InChI is InChI=1S/C74H54S10/c1-11-31-53(32-12-1)75-65-63(66(76-54-33-13-2-14-34-54)70(80-58-41-21-6-22-42-58)73(83-61-47-27-9-28-48-61)69(65)79-57-39-19-5-20-40-57)51-52-64-67(77-55-35-15-3-16-36-55)71(81-59-43-23-7-24-44-59)74(84-62-49-29-10-30-50-62)72(82-60-45-25-8-26-46-60)68(64)78-56-37-17-4-18-38-56/h1-50H,51-52H2. The Labute approximate surface area is 537 Å². The Hall–Kier alpha value is -5.86. The molecular weight excluding hydrogens is 1210 g/mol. The molecule has 10 heteroatoms. The first kappa shape index (κ1) is 58.5. The highest BCUT2D eigenvalue weighted by atomic mass is 32.2. The summed E-state index contributed by atoms with van der Waals surface area (Å²) >= 11 is 19.0. The second-order valence-corrected chi connectivity index (χ2v) is 29.7. The lowest BCUT2D eigenvalue weighted by molar-refractivity contribution is 0.785. The van der Waals surface area contributed by atoms with Crippen LogP contribution in [0.15, 0.2) is 401 Å². The van der Waals surface area contributed by atoms with Gasteiger partial charge in [0.05, 0.1) is 0 Å². The minimum atomic E-state index is 0.756. The van der Waals surface area contributed by atoms with Crippen molar-refractivity contribution in [3.8, 4) is 0 Å². The van der Waals surface area contributed by atoms with Crippen molar-refractivity contribution in [2.75, 3.05) is 0 Å². The van der Waals surface area contributed by atoms with E-state index in [1.807, 2.05) is 118 Å². The first-order valence-corrected chi connectivity index (χ1v) is 35.6. The Balaban J connectivity index is 1.18. The van der Waals surface area contributed by atoms with E-state index in [9.17, 15) is 0 Å². The van der Waals surface area contributed by atoms with Crippen molar-refractivity contribution in [3.63, 3.8) is 0 Å². The van der Waals surface area contributed by atoms with E-state index in [0.29, 0.717) is 0 Å². The lowest BCUT2D eigenvalue weighted by Gasteiger charge is -2.28. The molecule has 0 radical (unpaired) electrons. The zero-order chi connectivity index (χ0) is 56.5. The molecule has 0 bridgehead atoms. The van der Waals surface area contributed by atoms with E-state index in [2.05, 4.69) is 303 Å². The molecule has 12 aromatic rings. The van der Waals surface area contributed by atoms with Gasteiger partial charge in [0, 0.05) is 97.9 Å². The van der Waals surface area contributed by atoms with Gasteiger partial charge in [0.1, 0.15) is 0 Å². The molecule has 0 aliphatic carbocycles. The van der Waals surface area contributed by atoms with Crippen LogP contribution in [0.1, 0.15) is 11.1 Å². The van der Waals surface area contributed by atoms with Gasteiger partial charge in [-0.25, -0.2) is 0 Å². The molecule has 0 heterocycles. The fourth-order valence-electron chi connectivity index (χ4n) is 9.13. The highest BCUT2D eigenvalue weighted by molar-refractivity contribution is 8.06. The molecular formula is C74H54S10. The third kappa shape index (κ3) is 15.4. The van der Waals surface area contributed by atoms with Gasteiger partial charge in [0.15, 0.2) is 0 Å². The molecule has 0 amide bonds. The van der Waals surface area contributed by atoms with E-state index < -0.39 is 0 Å². The molecule has 0 saturated carbocycles. The number of benzene rings is 12. The van der Waals surface area contributed by atoms with Gasteiger partial charge in [-0.3, -0.25) is 0 Å². The summed E-state index contributed by atoms with van der Waals surface area (Å²) in [5.41, 5.74) is 2.69. The number of rotatable bonds is 23. The van der Waals surface area contributed by atoms with Crippen LogP contribution in [-0.4, -0.2) is 0 Å². The van der Waals surface area contributed by atoms with Crippen molar-refractivity contribution in [1.82, 2.24) is 0 Å². The minimum absolute atomic E-state index is 0.756. The van der Waals surface area contributed by atoms with Crippen LogP contribution in [0.25, 0.3) is 0 Å². The molecule has 0 atom stereocenters. The minimum Gasteiger partial charge on any atom is -0.0885 e. The first-order chi connectivity index (χ1) is 41.6. The Morgan fingerprint density at radius 1 is 0.131 bits per heavy atom. The third-order valence-electron chi connectivity index (χ3n) is 13.0. The molecule has 0 unspecified atom stereocenters.